The van der Waals surface area contributed by atoms with E-state index in [0.29, 0.717) is 16.4 Å². The molecule has 2 unspecified atom stereocenters. The monoisotopic (exact) mass is 452 g/mol. The number of carbonyl (C=O) groups excluding carboxylic acids is 1. The summed E-state index contributed by atoms with van der Waals surface area (Å²) in [4.78, 5) is 11.8. The van der Waals surface area contributed by atoms with Crippen molar-refractivity contribution in [3.8, 4) is 0 Å². The van der Waals surface area contributed by atoms with Crippen molar-refractivity contribution in [1.29, 1.82) is 0 Å². The molecule has 1 amide bonds. The van der Waals surface area contributed by atoms with Gasteiger partial charge in [-0.15, -0.1) is 0 Å². The number of β-amino-alcohol motifs (C(OH)–C–C–N with tert-alkyl or cyclic N) is 1. The van der Waals surface area contributed by atoms with Crippen molar-refractivity contribution < 1.29 is 35.9 Å². The molecule has 0 radical (unpaired) electrons. The van der Waals surface area contributed by atoms with E-state index in [1.165, 1.54) is 0 Å². The fourth-order valence-electron chi connectivity index (χ4n) is 2.72. The molecular formula is C17H13ClF4N2O4S. The Balaban J connectivity index is 1.90. The van der Waals surface area contributed by atoms with Crippen LogP contribution in [0.2, 0.25) is 5.02 Å². The molecule has 156 valence electrons. The van der Waals surface area contributed by atoms with Crippen LogP contribution in [0.25, 0.3) is 0 Å². The van der Waals surface area contributed by atoms with E-state index in [0.717, 1.165) is 18.2 Å². The lowest BCUT2D eigenvalue weighted by Gasteiger charge is -2.17. The van der Waals surface area contributed by atoms with E-state index in [2.05, 4.69) is 5.32 Å². The molecule has 12 heteroatoms. The summed E-state index contributed by atoms with van der Waals surface area (Å²) in [5.41, 5.74) is -0.636. The molecule has 0 spiro atoms. The quantitative estimate of drug-likeness (QED) is 0.551. The van der Waals surface area contributed by atoms with Gasteiger partial charge in [0.1, 0.15) is 17.2 Å². The Bertz CT molecular complexity index is 1050. The second kappa shape index (κ2) is 7.90. The topological polar surface area (TPSA) is 86.7 Å². The van der Waals surface area contributed by atoms with Gasteiger partial charge < -0.3 is 10.4 Å². The van der Waals surface area contributed by atoms with Gasteiger partial charge in [0.25, 0.3) is 5.91 Å². The average molecular weight is 453 g/mol. The van der Waals surface area contributed by atoms with E-state index in [4.69, 9.17) is 11.6 Å². The summed E-state index contributed by atoms with van der Waals surface area (Å²) in [5.74, 6) is -5.70. The molecule has 2 aromatic carbocycles. The minimum atomic E-state index is -4.33. The molecule has 1 aliphatic rings. The Kier molecular flexibility index (Phi) is 5.86. The summed E-state index contributed by atoms with van der Waals surface area (Å²) in [6, 6.07) is 4.27. The number of anilines is 1. The first kappa shape index (κ1) is 21.5. The smallest absolute Gasteiger partial charge is 0.255 e. The summed E-state index contributed by atoms with van der Waals surface area (Å²) in [6.07, 6.45) is -3.25. The van der Waals surface area contributed by atoms with Crippen molar-refractivity contribution in [2.24, 2.45) is 0 Å². The van der Waals surface area contributed by atoms with E-state index in [9.17, 15) is 35.9 Å². The SMILES string of the molecule is O=C(Nc1cc(F)c(F)c(F)c1)c1ccc(Cl)c(S(=O)(=O)N2CC(O)C(F)C2)c1. The van der Waals surface area contributed by atoms with E-state index in [1.807, 2.05) is 0 Å². The summed E-state index contributed by atoms with van der Waals surface area (Å²) < 4.78 is 79.2. The van der Waals surface area contributed by atoms with Crippen LogP contribution in [0, 0.1) is 17.5 Å². The minimum Gasteiger partial charge on any atom is -0.389 e. The average Bonchev–Trinajstić information content (AvgIpc) is 2.99. The van der Waals surface area contributed by atoms with Crippen molar-refractivity contribution >= 4 is 33.2 Å². The highest BCUT2D eigenvalue weighted by Gasteiger charge is 2.39. The fourth-order valence-corrected chi connectivity index (χ4v) is 4.69. The molecule has 1 aliphatic heterocycles. The molecule has 29 heavy (non-hydrogen) atoms. The van der Waals surface area contributed by atoms with Gasteiger partial charge >= 0.3 is 0 Å². The number of amides is 1. The molecule has 0 aromatic heterocycles. The van der Waals surface area contributed by atoms with Gasteiger partial charge in [-0.1, -0.05) is 11.6 Å². The summed E-state index contributed by atoms with van der Waals surface area (Å²) in [6.45, 7) is -1.06. The maximum Gasteiger partial charge on any atom is 0.255 e. The number of halogens is 5. The number of carbonyl (C=O) groups is 1. The molecule has 2 N–H and O–H groups in total. The second-order valence-corrected chi connectivity index (χ2v) is 8.57. The zero-order valence-corrected chi connectivity index (χ0v) is 15.9. The lowest BCUT2D eigenvalue weighted by molar-refractivity contribution is 0.102. The largest absolute Gasteiger partial charge is 0.389 e. The number of aliphatic hydroxyl groups excluding tert-OH is 1. The number of nitrogens with one attached hydrogen (secondary N) is 1. The van der Waals surface area contributed by atoms with Gasteiger partial charge in [-0.25, -0.2) is 26.0 Å². The van der Waals surface area contributed by atoms with E-state index in [-0.39, 0.29) is 10.6 Å². The van der Waals surface area contributed by atoms with Crippen LogP contribution in [0.15, 0.2) is 35.2 Å². The summed E-state index contributed by atoms with van der Waals surface area (Å²) in [7, 11) is -4.33. The second-order valence-electron chi connectivity index (χ2n) is 6.26. The van der Waals surface area contributed by atoms with Gasteiger partial charge in [-0.3, -0.25) is 4.79 Å². The lowest BCUT2D eigenvalue weighted by atomic mass is 10.2. The van der Waals surface area contributed by atoms with E-state index >= 15 is 0 Å². The predicted octanol–water partition coefficient (Wildman–Crippen LogP) is 2.71. The van der Waals surface area contributed by atoms with Crippen LogP contribution >= 0.6 is 11.6 Å². The highest BCUT2D eigenvalue weighted by Crippen LogP contribution is 2.29. The molecule has 0 saturated carbocycles. The van der Waals surface area contributed by atoms with Crippen LogP contribution in [0.1, 0.15) is 10.4 Å². The number of nitrogens with zero attached hydrogens (tertiary/aromatic N) is 1. The maximum atomic E-state index is 13.5. The van der Waals surface area contributed by atoms with Crippen molar-refractivity contribution in [3.05, 3.63) is 58.4 Å². The standard InChI is InChI=1S/C17H13ClF4N2O4S/c18-10-2-1-8(17(26)23-9-4-11(19)16(22)12(20)5-9)3-15(10)29(27,28)24-6-13(21)14(25)7-24/h1-5,13-14,25H,6-7H2,(H,23,26). The molecule has 0 aliphatic carbocycles. The third-order valence-corrected chi connectivity index (χ3v) is 6.55. The molecule has 2 aromatic rings. The highest BCUT2D eigenvalue weighted by molar-refractivity contribution is 7.89. The van der Waals surface area contributed by atoms with Crippen LogP contribution < -0.4 is 5.32 Å². The van der Waals surface area contributed by atoms with Gasteiger partial charge in [0, 0.05) is 36.5 Å². The third kappa shape index (κ3) is 4.22. The predicted molar refractivity (Wildman–Crippen MR) is 95.4 cm³/mol. The van der Waals surface area contributed by atoms with Crippen molar-refractivity contribution in [2.45, 2.75) is 17.2 Å². The Morgan fingerprint density at radius 2 is 1.76 bits per heavy atom. The normalized spacial score (nSPS) is 20.1. The Labute approximate surface area is 167 Å². The molecule has 1 heterocycles. The van der Waals surface area contributed by atoms with Gasteiger partial charge in [0.15, 0.2) is 17.5 Å². The van der Waals surface area contributed by atoms with Crippen molar-refractivity contribution in [3.63, 3.8) is 0 Å². The molecule has 3 rings (SSSR count). The van der Waals surface area contributed by atoms with Gasteiger partial charge in [0.05, 0.1) is 5.02 Å². The Morgan fingerprint density at radius 1 is 1.14 bits per heavy atom. The highest BCUT2D eigenvalue weighted by atomic mass is 35.5. The number of sulfonamides is 1. The summed E-state index contributed by atoms with van der Waals surface area (Å²) >= 11 is 5.92. The van der Waals surface area contributed by atoms with Crippen LogP contribution in [0.5, 0.6) is 0 Å². The maximum absolute atomic E-state index is 13.5. The molecule has 1 fully saturated rings. The van der Waals surface area contributed by atoms with Gasteiger partial charge in [-0.2, -0.15) is 4.31 Å². The molecule has 0 bridgehead atoms. The molecule has 2 atom stereocenters. The first-order valence-electron chi connectivity index (χ1n) is 8.08. The number of alkyl halides is 1. The fraction of sp³-hybridized carbons (Fsp3) is 0.235. The number of hydrogen-bond acceptors (Lipinski definition) is 4. The first-order chi connectivity index (χ1) is 13.5. The first-order valence-corrected chi connectivity index (χ1v) is 9.90. The third-order valence-electron chi connectivity index (χ3n) is 4.24. The number of rotatable bonds is 4. The molecule has 1 saturated heterocycles. The van der Waals surface area contributed by atoms with Crippen LogP contribution in [0.3, 0.4) is 0 Å². The van der Waals surface area contributed by atoms with Gasteiger partial charge in [0.2, 0.25) is 10.0 Å². The van der Waals surface area contributed by atoms with E-state index < -0.39 is 69.3 Å². The Hall–Kier alpha value is -2.21. The zero-order chi connectivity index (χ0) is 21.5. The summed E-state index contributed by atoms with van der Waals surface area (Å²) in [5, 5.41) is 11.3. The van der Waals surface area contributed by atoms with Crippen molar-refractivity contribution in [1.82, 2.24) is 4.31 Å². The van der Waals surface area contributed by atoms with E-state index in [1.54, 1.807) is 0 Å². The van der Waals surface area contributed by atoms with Gasteiger partial charge in [-0.05, 0) is 18.2 Å². The minimum absolute atomic E-state index is 0.241. The van der Waals surface area contributed by atoms with Crippen molar-refractivity contribution in [2.75, 3.05) is 18.4 Å². The zero-order valence-electron chi connectivity index (χ0n) is 14.4. The molecular weight excluding hydrogens is 440 g/mol. The van der Waals surface area contributed by atoms with Crippen LogP contribution in [-0.4, -0.2) is 49.1 Å². The number of hydrogen-bond donors (Lipinski definition) is 2. The van der Waals surface area contributed by atoms with Crippen LogP contribution in [0.4, 0.5) is 23.2 Å². The molecule has 6 nitrogen and oxygen atoms in total. The number of benzene rings is 2. The number of aliphatic hydroxyl groups is 1. The lowest BCUT2D eigenvalue weighted by Crippen LogP contribution is -2.30. The Morgan fingerprint density at radius 3 is 2.31 bits per heavy atom. The van der Waals surface area contributed by atoms with Crippen LogP contribution in [-0.2, 0) is 10.0 Å².